The summed E-state index contributed by atoms with van der Waals surface area (Å²) in [4.78, 5) is 10.4. The van der Waals surface area contributed by atoms with Gasteiger partial charge in [0.05, 0.1) is 0 Å². The average Bonchev–Trinajstić information content (AvgIpc) is 2.29. The van der Waals surface area contributed by atoms with E-state index in [1.807, 2.05) is 4.74 Å². The minimum Gasteiger partial charge on any atom is -0.453 e. The lowest BCUT2D eigenvalue weighted by Gasteiger charge is -2.28. The van der Waals surface area contributed by atoms with E-state index in [0.717, 1.165) is 0 Å². The first-order valence-corrected chi connectivity index (χ1v) is 5.30. The van der Waals surface area contributed by atoms with E-state index in [4.69, 9.17) is 0 Å². The molecule has 0 aromatic rings. The third-order valence-electron chi connectivity index (χ3n) is 1.63. The molecule has 0 N–H and O–H groups in total. The van der Waals surface area contributed by atoms with Gasteiger partial charge in [0.1, 0.15) is 0 Å². The number of carbonyl (C=O) groups is 1. The van der Waals surface area contributed by atoms with Crippen LogP contribution in [0.1, 0.15) is 0 Å². The highest BCUT2D eigenvalue weighted by atomic mass is 19.4. The monoisotopic (exact) mass is 402 g/mol. The quantitative estimate of drug-likeness (QED) is 0.255. The van der Waals surface area contributed by atoms with Crippen molar-refractivity contribution in [2.24, 2.45) is 0 Å². The summed E-state index contributed by atoms with van der Waals surface area (Å²) >= 11 is 0. The van der Waals surface area contributed by atoms with Gasteiger partial charge in [-0.05, 0) is 0 Å². The van der Waals surface area contributed by atoms with Gasteiger partial charge in [-0.25, -0.2) is 19.0 Å². The van der Waals surface area contributed by atoms with Crippen molar-refractivity contribution >= 4 is 5.97 Å². The van der Waals surface area contributed by atoms with Crippen LogP contribution in [0.25, 0.3) is 0 Å². The van der Waals surface area contributed by atoms with E-state index >= 15 is 0 Å². The molecule has 0 amide bonds. The normalized spacial score (nSPS) is 14.4. The van der Waals surface area contributed by atoms with Crippen molar-refractivity contribution in [2.75, 3.05) is 6.61 Å². The first-order chi connectivity index (χ1) is 10.8. The van der Waals surface area contributed by atoms with Crippen LogP contribution in [0.5, 0.6) is 0 Å². The molecule has 0 atom stereocenters. The summed E-state index contributed by atoms with van der Waals surface area (Å²) in [5.74, 6) is -1.58. The molecule has 148 valence electrons. The summed E-state index contributed by atoms with van der Waals surface area (Å²) < 4.78 is 145. The lowest BCUT2D eigenvalue weighted by atomic mass is 10.6. The molecular formula is C9H5F11O5. The Morgan fingerprint density at radius 3 is 1.64 bits per heavy atom. The molecule has 5 nitrogen and oxygen atoms in total. The maximum absolute atomic E-state index is 12.8. The first-order valence-electron chi connectivity index (χ1n) is 5.30. The first kappa shape index (κ1) is 23.3. The Kier molecular flexibility index (Phi) is 6.79. The number of hydrogen-bond donors (Lipinski definition) is 0. The molecule has 0 bridgehead atoms. The number of alkyl halides is 11. The van der Waals surface area contributed by atoms with Crippen molar-refractivity contribution < 1.29 is 72.0 Å². The van der Waals surface area contributed by atoms with Crippen LogP contribution < -0.4 is 0 Å². The van der Waals surface area contributed by atoms with Crippen molar-refractivity contribution in [3.8, 4) is 0 Å². The van der Waals surface area contributed by atoms with Gasteiger partial charge in [0, 0.05) is 6.08 Å². The molecule has 0 rings (SSSR count). The highest BCUT2D eigenvalue weighted by Crippen LogP contribution is 2.42. The zero-order chi connectivity index (χ0) is 20.3. The van der Waals surface area contributed by atoms with Gasteiger partial charge in [-0.1, -0.05) is 6.58 Å². The number of carbonyl (C=O) groups excluding carboxylic acids is 1. The van der Waals surface area contributed by atoms with Gasteiger partial charge < -0.3 is 4.74 Å². The lowest BCUT2D eigenvalue weighted by Crippen LogP contribution is -2.49. The van der Waals surface area contributed by atoms with Crippen LogP contribution in [0, 0.1) is 0 Å². The fourth-order valence-electron chi connectivity index (χ4n) is 0.804. The zero-order valence-electron chi connectivity index (χ0n) is 11.2. The maximum atomic E-state index is 12.8. The number of hydrogen-bond acceptors (Lipinski definition) is 5. The van der Waals surface area contributed by atoms with Gasteiger partial charge in [-0.3, -0.25) is 0 Å². The van der Waals surface area contributed by atoms with Gasteiger partial charge >= 0.3 is 37.0 Å². The van der Waals surface area contributed by atoms with Gasteiger partial charge in [-0.15, -0.1) is 17.6 Å². The Balaban J connectivity index is 4.98. The fraction of sp³-hybridized carbons (Fsp3) is 0.667. The maximum Gasteiger partial charge on any atom is 0.497 e. The topological polar surface area (TPSA) is 54.0 Å². The van der Waals surface area contributed by atoms with E-state index in [2.05, 4.69) is 16.1 Å². The van der Waals surface area contributed by atoms with Gasteiger partial charge in [-0.2, -0.15) is 30.7 Å². The van der Waals surface area contributed by atoms with Crippen LogP contribution in [0.2, 0.25) is 0 Å². The third-order valence-corrected chi connectivity index (χ3v) is 1.63. The molecule has 0 saturated heterocycles. The van der Waals surface area contributed by atoms with Crippen molar-refractivity contribution in [1.82, 2.24) is 0 Å². The summed E-state index contributed by atoms with van der Waals surface area (Å²) in [5.41, 5.74) is 0. The SMILES string of the molecule is C=CC(=O)OCC(F)(F)OC(F)(F)OC(F)(F)OC(F)(F)C(F)(F)F. The summed E-state index contributed by atoms with van der Waals surface area (Å²) in [6, 6.07) is 0. The molecule has 0 aromatic carbocycles. The van der Waals surface area contributed by atoms with E-state index in [-0.39, 0.29) is 0 Å². The van der Waals surface area contributed by atoms with E-state index in [9.17, 15) is 53.1 Å². The van der Waals surface area contributed by atoms with Gasteiger partial charge in [0.15, 0.2) is 6.61 Å². The lowest BCUT2D eigenvalue weighted by molar-refractivity contribution is -0.587. The molecule has 0 aliphatic carbocycles. The van der Waals surface area contributed by atoms with Crippen LogP contribution in [0.3, 0.4) is 0 Å². The van der Waals surface area contributed by atoms with Crippen LogP contribution in [-0.2, 0) is 23.7 Å². The van der Waals surface area contributed by atoms with Crippen LogP contribution in [0.4, 0.5) is 48.3 Å². The molecular weight excluding hydrogens is 397 g/mol. The van der Waals surface area contributed by atoms with E-state index < -0.39 is 43.6 Å². The van der Waals surface area contributed by atoms with Crippen molar-refractivity contribution in [3.63, 3.8) is 0 Å². The van der Waals surface area contributed by atoms with Crippen molar-refractivity contribution in [1.29, 1.82) is 0 Å². The highest BCUT2D eigenvalue weighted by molar-refractivity contribution is 5.81. The standard InChI is InChI=1S/C9H5F11O5/c1-2-4(21)22-3-5(10,11)23-8(17,18)25-9(19,20)24-7(15,16)6(12,13)14/h2H,1,3H2. The molecule has 0 radical (unpaired) electrons. The number of halogens is 11. The van der Waals surface area contributed by atoms with E-state index in [1.165, 1.54) is 0 Å². The molecule has 0 spiro atoms. The van der Waals surface area contributed by atoms with Crippen LogP contribution in [-0.4, -0.2) is 43.6 Å². The predicted octanol–water partition coefficient (Wildman–Crippen LogP) is 3.61. The highest BCUT2D eigenvalue weighted by Gasteiger charge is 2.66. The Hall–Kier alpha value is -1.68. The second-order valence-corrected chi connectivity index (χ2v) is 3.70. The van der Waals surface area contributed by atoms with Crippen LogP contribution >= 0.6 is 0 Å². The third kappa shape index (κ3) is 8.30. The Morgan fingerprint density at radius 1 is 0.800 bits per heavy atom. The zero-order valence-corrected chi connectivity index (χ0v) is 11.2. The van der Waals surface area contributed by atoms with Gasteiger partial charge in [0.2, 0.25) is 0 Å². The second-order valence-electron chi connectivity index (χ2n) is 3.70. The molecule has 0 aliphatic rings. The molecule has 0 aromatic heterocycles. The summed E-state index contributed by atoms with van der Waals surface area (Å²) in [6.07, 6.45) is -30.9. The van der Waals surface area contributed by atoms with E-state index in [0.29, 0.717) is 6.08 Å². The van der Waals surface area contributed by atoms with Crippen molar-refractivity contribution in [2.45, 2.75) is 31.0 Å². The predicted molar refractivity (Wildman–Crippen MR) is 50.3 cm³/mol. The number of esters is 1. The van der Waals surface area contributed by atoms with E-state index in [1.54, 1.807) is 4.74 Å². The minimum atomic E-state index is -6.77. The van der Waals surface area contributed by atoms with Gasteiger partial charge in [0.25, 0.3) is 0 Å². The average molecular weight is 402 g/mol. The second kappa shape index (κ2) is 7.28. The molecule has 0 saturated carbocycles. The van der Waals surface area contributed by atoms with Crippen molar-refractivity contribution in [3.05, 3.63) is 12.7 Å². The molecule has 0 fully saturated rings. The smallest absolute Gasteiger partial charge is 0.453 e. The molecule has 25 heavy (non-hydrogen) atoms. The molecule has 0 unspecified atom stereocenters. The molecule has 0 heterocycles. The Bertz CT molecular complexity index is 487. The Labute approximate surface area is 129 Å². The minimum absolute atomic E-state index is 0.298. The number of rotatable bonds is 9. The van der Waals surface area contributed by atoms with Crippen LogP contribution in [0.15, 0.2) is 12.7 Å². The summed E-state index contributed by atoms with van der Waals surface area (Å²) in [6.45, 7) is 0.437. The summed E-state index contributed by atoms with van der Waals surface area (Å²) in [7, 11) is 0. The Morgan fingerprint density at radius 2 is 1.24 bits per heavy atom. The molecule has 16 heteroatoms. The number of ether oxygens (including phenoxy) is 4. The summed E-state index contributed by atoms with van der Waals surface area (Å²) in [5, 5.41) is 0. The largest absolute Gasteiger partial charge is 0.497 e. The molecule has 0 aliphatic heterocycles. The fourth-order valence-corrected chi connectivity index (χ4v) is 0.804.